The molecular weight excluding hydrogens is 400 g/mol. The quantitative estimate of drug-likeness (QED) is 0.332. The molecule has 0 saturated carbocycles. The fourth-order valence-corrected chi connectivity index (χ4v) is 3.99. The predicted molar refractivity (Wildman–Crippen MR) is 129 cm³/mol. The molecule has 0 N–H and O–H groups in total. The number of aryl methyl sites for hydroxylation is 1. The molecule has 5 heteroatoms. The lowest BCUT2D eigenvalue weighted by Crippen LogP contribution is -2.11. The molecule has 0 aliphatic carbocycles. The lowest BCUT2D eigenvalue weighted by molar-refractivity contribution is 0.296. The second-order valence-electron chi connectivity index (χ2n) is 8.19. The van der Waals surface area contributed by atoms with Crippen LogP contribution in [-0.2, 0) is 6.54 Å². The van der Waals surface area contributed by atoms with Crippen LogP contribution in [0.3, 0.4) is 0 Å². The monoisotopic (exact) mass is 430 g/mol. The van der Waals surface area contributed by atoms with Crippen LogP contribution >= 0.6 is 0 Å². The number of nitrogens with zero attached hydrogens (tertiary/aromatic N) is 2. The van der Waals surface area contributed by atoms with Gasteiger partial charge in [-0.25, -0.2) is 4.98 Å². The SMILES string of the molecule is COc1ccc(-c2nc3ccccc3n2CCOc2cc(C)ccc2C(C)C)cc1OC. The van der Waals surface area contributed by atoms with Crippen LogP contribution in [0.25, 0.3) is 22.4 Å². The molecule has 4 aromatic rings. The van der Waals surface area contributed by atoms with Crippen molar-refractivity contribution >= 4 is 11.0 Å². The van der Waals surface area contributed by atoms with Gasteiger partial charge in [0.15, 0.2) is 11.5 Å². The van der Waals surface area contributed by atoms with Crippen LogP contribution in [0.15, 0.2) is 60.7 Å². The van der Waals surface area contributed by atoms with E-state index in [1.807, 2.05) is 36.4 Å². The first-order valence-corrected chi connectivity index (χ1v) is 10.9. The lowest BCUT2D eigenvalue weighted by Gasteiger charge is -2.16. The normalized spacial score (nSPS) is 11.2. The van der Waals surface area contributed by atoms with Gasteiger partial charge in [0.1, 0.15) is 18.2 Å². The molecule has 0 aliphatic rings. The average Bonchev–Trinajstić information content (AvgIpc) is 3.17. The summed E-state index contributed by atoms with van der Waals surface area (Å²) in [6.07, 6.45) is 0. The minimum Gasteiger partial charge on any atom is -0.493 e. The summed E-state index contributed by atoms with van der Waals surface area (Å²) in [5.41, 5.74) is 5.43. The van der Waals surface area contributed by atoms with Gasteiger partial charge in [0.2, 0.25) is 0 Å². The van der Waals surface area contributed by atoms with E-state index in [0.717, 1.165) is 28.2 Å². The summed E-state index contributed by atoms with van der Waals surface area (Å²) in [4.78, 5) is 4.91. The Morgan fingerprint density at radius 2 is 1.66 bits per heavy atom. The third-order valence-electron chi connectivity index (χ3n) is 5.66. The fourth-order valence-electron chi connectivity index (χ4n) is 3.99. The molecule has 0 aliphatic heterocycles. The molecule has 0 unspecified atom stereocenters. The van der Waals surface area contributed by atoms with Crippen molar-refractivity contribution in [3.63, 3.8) is 0 Å². The second-order valence-corrected chi connectivity index (χ2v) is 8.19. The first kappa shape index (κ1) is 21.8. The van der Waals surface area contributed by atoms with E-state index in [4.69, 9.17) is 19.2 Å². The van der Waals surface area contributed by atoms with Crippen molar-refractivity contribution in [1.82, 2.24) is 9.55 Å². The van der Waals surface area contributed by atoms with Gasteiger partial charge in [0.05, 0.1) is 31.8 Å². The van der Waals surface area contributed by atoms with E-state index < -0.39 is 0 Å². The molecular formula is C27H30N2O3. The minimum atomic E-state index is 0.405. The molecule has 1 heterocycles. The number of ether oxygens (including phenoxy) is 3. The lowest BCUT2D eigenvalue weighted by atomic mass is 10.0. The maximum absolute atomic E-state index is 6.28. The molecule has 0 amide bonds. The van der Waals surface area contributed by atoms with Crippen LogP contribution in [0.5, 0.6) is 17.2 Å². The maximum Gasteiger partial charge on any atom is 0.161 e. The number of rotatable bonds is 8. The summed E-state index contributed by atoms with van der Waals surface area (Å²) < 4.78 is 19.4. The zero-order chi connectivity index (χ0) is 22.7. The Kier molecular flexibility index (Phi) is 6.35. The van der Waals surface area contributed by atoms with Crippen molar-refractivity contribution in [1.29, 1.82) is 0 Å². The molecule has 0 spiro atoms. The van der Waals surface area contributed by atoms with Gasteiger partial charge >= 0.3 is 0 Å². The number of para-hydroxylation sites is 2. The standard InChI is InChI=1S/C27H30N2O3/c1-18(2)21-12-10-19(3)16-25(21)32-15-14-29-23-9-7-6-8-22(23)28-27(29)20-11-13-24(30-4)26(17-20)31-5/h6-13,16-18H,14-15H2,1-5H3. The van der Waals surface area contributed by atoms with E-state index >= 15 is 0 Å². The Labute approximate surface area is 189 Å². The zero-order valence-electron chi connectivity index (χ0n) is 19.4. The number of benzene rings is 3. The van der Waals surface area contributed by atoms with Crippen molar-refractivity contribution < 1.29 is 14.2 Å². The number of hydrogen-bond donors (Lipinski definition) is 0. The van der Waals surface area contributed by atoms with Crippen molar-refractivity contribution in [3.05, 3.63) is 71.8 Å². The summed E-state index contributed by atoms with van der Waals surface area (Å²) in [7, 11) is 3.29. The number of fused-ring (bicyclic) bond motifs is 1. The van der Waals surface area contributed by atoms with Crippen LogP contribution in [0.2, 0.25) is 0 Å². The molecule has 32 heavy (non-hydrogen) atoms. The number of imidazole rings is 1. The second kappa shape index (κ2) is 9.35. The number of methoxy groups -OCH3 is 2. The number of aromatic nitrogens is 2. The predicted octanol–water partition coefficient (Wildman–Crippen LogP) is 6.23. The van der Waals surface area contributed by atoms with E-state index in [1.54, 1.807) is 14.2 Å². The fraction of sp³-hybridized carbons (Fsp3) is 0.296. The zero-order valence-corrected chi connectivity index (χ0v) is 19.4. The Hall–Kier alpha value is -3.47. The summed E-state index contributed by atoms with van der Waals surface area (Å²) in [6, 6.07) is 20.5. The Balaban J connectivity index is 1.67. The van der Waals surface area contributed by atoms with E-state index in [2.05, 4.69) is 49.6 Å². The topological polar surface area (TPSA) is 45.5 Å². The highest BCUT2D eigenvalue weighted by molar-refractivity contribution is 5.81. The third-order valence-corrected chi connectivity index (χ3v) is 5.66. The van der Waals surface area contributed by atoms with Gasteiger partial charge in [-0.1, -0.05) is 38.1 Å². The van der Waals surface area contributed by atoms with Crippen molar-refractivity contribution in [2.24, 2.45) is 0 Å². The van der Waals surface area contributed by atoms with Crippen molar-refractivity contribution in [3.8, 4) is 28.6 Å². The van der Waals surface area contributed by atoms with Gasteiger partial charge in [0, 0.05) is 5.56 Å². The Morgan fingerprint density at radius 1 is 0.875 bits per heavy atom. The highest BCUT2D eigenvalue weighted by atomic mass is 16.5. The number of hydrogen-bond acceptors (Lipinski definition) is 4. The third kappa shape index (κ3) is 4.28. The van der Waals surface area contributed by atoms with E-state index in [9.17, 15) is 0 Å². The molecule has 1 aromatic heterocycles. The first-order chi connectivity index (χ1) is 15.5. The highest BCUT2D eigenvalue weighted by Gasteiger charge is 2.15. The van der Waals surface area contributed by atoms with Crippen LogP contribution < -0.4 is 14.2 Å². The minimum absolute atomic E-state index is 0.405. The average molecular weight is 431 g/mol. The van der Waals surface area contributed by atoms with Crippen LogP contribution in [-0.4, -0.2) is 30.4 Å². The molecule has 3 aromatic carbocycles. The van der Waals surface area contributed by atoms with E-state index in [1.165, 1.54) is 11.1 Å². The molecule has 0 radical (unpaired) electrons. The van der Waals surface area contributed by atoms with Gasteiger partial charge in [-0.15, -0.1) is 0 Å². The van der Waals surface area contributed by atoms with Gasteiger partial charge in [-0.05, 0) is 60.4 Å². The van der Waals surface area contributed by atoms with Gasteiger partial charge in [-0.2, -0.15) is 0 Å². The molecule has 0 bridgehead atoms. The highest BCUT2D eigenvalue weighted by Crippen LogP contribution is 2.33. The largest absolute Gasteiger partial charge is 0.493 e. The molecule has 4 rings (SSSR count). The van der Waals surface area contributed by atoms with Crippen LogP contribution in [0.1, 0.15) is 30.9 Å². The first-order valence-electron chi connectivity index (χ1n) is 10.9. The Morgan fingerprint density at radius 3 is 2.41 bits per heavy atom. The van der Waals surface area contributed by atoms with Gasteiger partial charge < -0.3 is 18.8 Å². The van der Waals surface area contributed by atoms with Gasteiger partial charge in [0.25, 0.3) is 0 Å². The smallest absolute Gasteiger partial charge is 0.161 e. The molecule has 0 saturated heterocycles. The molecule has 0 atom stereocenters. The summed E-state index contributed by atoms with van der Waals surface area (Å²) in [6.45, 7) is 7.70. The molecule has 5 nitrogen and oxygen atoms in total. The Bertz CT molecular complexity index is 1230. The summed E-state index contributed by atoms with van der Waals surface area (Å²) in [5, 5.41) is 0. The van der Waals surface area contributed by atoms with Crippen molar-refractivity contribution in [2.75, 3.05) is 20.8 Å². The van der Waals surface area contributed by atoms with E-state index in [0.29, 0.717) is 30.6 Å². The molecule has 0 fully saturated rings. The van der Waals surface area contributed by atoms with Crippen LogP contribution in [0.4, 0.5) is 0 Å². The summed E-state index contributed by atoms with van der Waals surface area (Å²) in [5.74, 6) is 3.62. The van der Waals surface area contributed by atoms with E-state index in [-0.39, 0.29) is 0 Å². The maximum atomic E-state index is 6.28. The van der Waals surface area contributed by atoms with Gasteiger partial charge in [-0.3, -0.25) is 0 Å². The molecule has 166 valence electrons. The van der Waals surface area contributed by atoms with Crippen molar-refractivity contribution in [2.45, 2.75) is 33.2 Å². The summed E-state index contributed by atoms with van der Waals surface area (Å²) >= 11 is 0. The van der Waals surface area contributed by atoms with Crippen LogP contribution in [0, 0.1) is 6.92 Å².